The van der Waals surface area contributed by atoms with Crippen LogP contribution in [0, 0.1) is 12.7 Å². The Morgan fingerprint density at radius 2 is 2.08 bits per heavy atom. The molecule has 0 unspecified atom stereocenters. The van der Waals surface area contributed by atoms with Crippen LogP contribution in [0.25, 0.3) is 11.5 Å². The summed E-state index contributed by atoms with van der Waals surface area (Å²) in [4.78, 5) is 16.4. The number of carbonyl (C=O) groups is 1. The summed E-state index contributed by atoms with van der Waals surface area (Å²) in [5.74, 6) is -0.0578. The maximum atomic E-state index is 12.9. The average molecular weight is 328 g/mol. The van der Waals surface area contributed by atoms with E-state index in [1.54, 1.807) is 36.2 Å². The van der Waals surface area contributed by atoms with Crippen LogP contribution in [0.1, 0.15) is 21.9 Å². The summed E-state index contributed by atoms with van der Waals surface area (Å²) in [6.45, 7) is 2.27. The molecule has 6 nitrogen and oxygen atoms in total. The van der Waals surface area contributed by atoms with Crippen LogP contribution in [0.2, 0.25) is 0 Å². The van der Waals surface area contributed by atoms with Crippen LogP contribution in [0.5, 0.6) is 0 Å². The number of aromatic nitrogens is 3. The van der Waals surface area contributed by atoms with Crippen LogP contribution in [0.15, 0.2) is 41.0 Å². The summed E-state index contributed by atoms with van der Waals surface area (Å²) < 4.78 is 19.9. The second-order valence-electron chi connectivity index (χ2n) is 5.45. The molecule has 0 atom stereocenters. The van der Waals surface area contributed by atoms with Crippen molar-refractivity contribution >= 4 is 5.91 Å². The van der Waals surface area contributed by atoms with Gasteiger partial charge in [-0.3, -0.25) is 9.48 Å². The van der Waals surface area contributed by atoms with E-state index < -0.39 is 0 Å². The molecule has 24 heavy (non-hydrogen) atoms. The molecule has 0 aliphatic carbocycles. The highest BCUT2D eigenvalue weighted by Gasteiger charge is 2.12. The number of nitrogens with one attached hydrogen (secondary N) is 1. The quantitative estimate of drug-likeness (QED) is 0.781. The zero-order valence-corrected chi connectivity index (χ0v) is 13.4. The first-order chi connectivity index (χ1) is 11.5. The minimum Gasteiger partial charge on any atom is -0.444 e. The van der Waals surface area contributed by atoms with Crippen LogP contribution < -0.4 is 5.32 Å². The molecular formula is C17H17FN4O2. The molecule has 0 fully saturated rings. The first-order valence-corrected chi connectivity index (χ1v) is 7.52. The molecule has 1 amide bonds. The van der Waals surface area contributed by atoms with Gasteiger partial charge in [0.05, 0.1) is 11.4 Å². The van der Waals surface area contributed by atoms with Gasteiger partial charge in [0.15, 0.2) is 0 Å². The van der Waals surface area contributed by atoms with Crippen molar-refractivity contribution < 1.29 is 13.6 Å². The minimum absolute atomic E-state index is 0.180. The Bertz CT molecular complexity index is 852. The monoisotopic (exact) mass is 328 g/mol. The van der Waals surface area contributed by atoms with Gasteiger partial charge in [-0.1, -0.05) is 0 Å². The third-order valence-electron chi connectivity index (χ3n) is 3.54. The highest BCUT2D eigenvalue weighted by atomic mass is 19.1. The predicted molar refractivity (Wildman–Crippen MR) is 85.9 cm³/mol. The van der Waals surface area contributed by atoms with E-state index >= 15 is 0 Å². The standard InChI is InChI=1S/C17H17FN4O2/c1-11-9-15(22(2)21-11)16(23)19-8-7-14-10-24-17(20-14)12-3-5-13(18)6-4-12/h3-6,9-10H,7-8H2,1-2H3,(H,19,23). The van der Waals surface area contributed by atoms with E-state index in [1.807, 2.05) is 6.92 Å². The average Bonchev–Trinajstić information content (AvgIpc) is 3.14. The molecule has 0 radical (unpaired) electrons. The van der Waals surface area contributed by atoms with E-state index in [0.29, 0.717) is 30.1 Å². The number of oxazole rings is 1. The normalized spacial score (nSPS) is 10.8. The van der Waals surface area contributed by atoms with Gasteiger partial charge in [0, 0.05) is 25.6 Å². The number of halogens is 1. The molecule has 124 valence electrons. The van der Waals surface area contributed by atoms with Gasteiger partial charge in [0.25, 0.3) is 5.91 Å². The van der Waals surface area contributed by atoms with Crippen LogP contribution in [0.3, 0.4) is 0 Å². The lowest BCUT2D eigenvalue weighted by Crippen LogP contribution is -2.27. The van der Waals surface area contributed by atoms with Crippen LogP contribution in [-0.4, -0.2) is 27.2 Å². The SMILES string of the molecule is Cc1cc(C(=O)NCCc2coc(-c3ccc(F)cc3)n2)n(C)n1. The predicted octanol–water partition coefficient (Wildman–Crippen LogP) is 2.50. The summed E-state index contributed by atoms with van der Waals surface area (Å²) in [6, 6.07) is 7.66. The summed E-state index contributed by atoms with van der Waals surface area (Å²) in [7, 11) is 1.73. The summed E-state index contributed by atoms with van der Waals surface area (Å²) in [5, 5.41) is 6.97. The lowest BCUT2D eigenvalue weighted by Gasteiger charge is -2.03. The largest absolute Gasteiger partial charge is 0.444 e. The molecule has 2 aromatic heterocycles. The molecule has 1 N–H and O–H groups in total. The van der Waals surface area contributed by atoms with Crippen LogP contribution >= 0.6 is 0 Å². The third-order valence-corrected chi connectivity index (χ3v) is 3.54. The maximum absolute atomic E-state index is 12.9. The fourth-order valence-electron chi connectivity index (χ4n) is 2.36. The van der Waals surface area contributed by atoms with Crippen molar-refractivity contribution in [3.63, 3.8) is 0 Å². The highest BCUT2D eigenvalue weighted by Crippen LogP contribution is 2.19. The van der Waals surface area contributed by atoms with Crippen molar-refractivity contribution in [3.8, 4) is 11.5 Å². The fourth-order valence-corrected chi connectivity index (χ4v) is 2.36. The van der Waals surface area contributed by atoms with Crippen molar-refractivity contribution in [2.45, 2.75) is 13.3 Å². The smallest absolute Gasteiger partial charge is 0.269 e. The lowest BCUT2D eigenvalue weighted by atomic mass is 10.2. The van der Waals surface area contributed by atoms with E-state index in [0.717, 1.165) is 11.4 Å². The summed E-state index contributed by atoms with van der Waals surface area (Å²) in [6.07, 6.45) is 2.08. The Kier molecular flexibility index (Phi) is 4.41. The number of aryl methyl sites for hydroxylation is 2. The number of amides is 1. The van der Waals surface area contributed by atoms with Crippen molar-refractivity contribution in [3.05, 3.63) is 59.5 Å². The Labute approximate surface area is 138 Å². The number of hydrogen-bond donors (Lipinski definition) is 1. The molecule has 2 heterocycles. The Balaban J connectivity index is 1.57. The molecule has 0 aliphatic heterocycles. The van der Waals surface area contributed by atoms with E-state index in [-0.39, 0.29) is 11.7 Å². The van der Waals surface area contributed by atoms with E-state index in [4.69, 9.17) is 4.42 Å². The first-order valence-electron chi connectivity index (χ1n) is 7.52. The van der Waals surface area contributed by atoms with E-state index in [2.05, 4.69) is 15.4 Å². The Morgan fingerprint density at radius 3 is 2.75 bits per heavy atom. The van der Waals surface area contributed by atoms with Gasteiger partial charge in [0.2, 0.25) is 5.89 Å². The molecule has 7 heteroatoms. The number of benzene rings is 1. The molecule has 0 spiro atoms. The Hall–Kier alpha value is -2.96. The van der Waals surface area contributed by atoms with E-state index in [1.165, 1.54) is 12.1 Å². The molecule has 0 aliphatic rings. The number of rotatable bonds is 5. The number of nitrogens with zero attached hydrogens (tertiary/aromatic N) is 3. The van der Waals surface area contributed by atoms with Gasteiger partial charge in [-0.15, -0.1) is 0 Å². The maximum Gasteiger partial charge on any atom is 0.269 e. The van der Waals surface area contributed by atoms with Gasteiger partial charge < -0.3 is 9.73 Å². The molecular weight excluding hydrogens is 311 g/mol. The van der Waals surface area contributed by atoms with E-state index in [9.17, 15) is 9.18 Å². The first kappa shape index (κ1) is 15.9. The van der Waals surface area contributed by atoms with Crippen molar-refractivity contribution in [1.82, 2.24) is 20.1 Å². The molecule has 0 bridgehead atoms. The van der Waals surface area contributed by atoms with Crippen molar-refractivity contribution in [1.29, 1.82) is 0 Å². The zero-order chi connectivity index (χ0) is 17.1. The number of hydrogen-bond acceptors (Lipinski definition) is 4. The molecule has 3 rings (SSSR count). The summed E-state index contributed by atoms with van der Waals surface area (Å²) >= 11 is 0. The highest BCUT2D eigenvalue weighted by molar-refractivity contribution is 5.92. The molecule has 0 saturated heterocycles. The Morgan fingerprint density at radius 1 is 1.33 bits per heavy atom. The van der Waals surface area contributed by atoms with Crippen LogP contribution in [0.4, 0.5) is 4.39 Å². The van der Waals surface area contributed by atoms with Crippen LogP contribution in [-0.2, 0) is 13.5 Å². The van der Waals surface area contributed by atoms with Gasteiger partial charge >= 0.3 is 0 Å². The number of carbonyl (C=O) groups excluding carboxylic acids is 1. The van der Waals surface area contributed by atoms with Crippen molar-refractivity contribution in [2.24, 2.45) is 7.05 Å². The summed E-state index contributed by atoms with van der Waals surface area (Å²) in [5.41, 5.74) is 2.73. The second kappa shape index (κ2) is 6.66. The molecule has 3 aromatic rings. The molecule has 1 aromatic carbocycles. The lowest BCUT2D eigenvalue weighted by molar-refractivity contribution is 0.0944. The second-order valence-corrected chi connectivity index (χ2v) is 5.45. The minimum atomic E-state index is -0.307. The van der Waals surface area contributed by atoms with Gasteiger partial charge in [-0.25, -0.2) is 9.37 Å². The van der Waals surface area contributed by atoms with Gasteiger partial charge in [-0.05, 0) is 37.3 Å². The topological polar surface area (TPSA) is 73.0 Å². The third kappa shape index (κ3) is 3.51. The van der Waals surface area contributed by atoms with Crippen molar-refractivity contribution in [2.75, 3.05) is 6.54 Å². The van der Waals surface area contributed by atoms with Gasteiger partial charge in [-0.2, -0.15) is 5.10 Å². The fraction of sp³-hybridized carbons (Fsp3) is 0.235. The van der Waals surface area contributed by atoms with Gasteiger partial charge in [0.1, 0.15) is 17.8 Å². The zero-order valence-electron chi connectivity index (χ0n) is 13.4. The molecule has 0 saturated carbocycles.